The SMILES string of the molecule is C\C=C/C=C\C(=C/C)c1nnc2[nH]c(=O)n(C)c(=O)c2n1. The van der Waals surface area contributed by atoms with Crippen molar-refractivity contribution in [3.63, 3.8) is 0 Å². The Morgan fingerprint density at radius 2 is 1.95 bits per heavy atom. The third-order valence-corrected chi connectivity index (χ3v) is 2.87. The Morgan fingerprint density at radius 3 is 2.62 bits per heavy atom. The number of nitrogens with one attached hydrogen (secondary N) is 1. The Hall–Kier alpha value is -2.83. The third kappa shape index (κ3) is 2.86. The average Bonchev–Trinajstić information content (AvgIpc) is 2.49. The van der Waals surface area contributed by atoms with Crippen LogP contribution in [-0.2, 0) is 7.05 Å². The van der Waals surface area contributed by atoms with Crippen molar-refractivity contribution in [2.24, 2.45) is 7.05 Å². The van der Waals surface area contributed by atoms with Crippen LogP contribution >= 0.6 is 0 Å². The molecule has 0 unspecified atom stereocenters. The van der Waals surface area contributed by atoms with Gasteiger partial charge in [0.25, 0.3) is 5.56 Å². The highest BCUT2D eigenvalue weighted by Crippen LogP contribution is 2.11. The van der Waals surface area contributed by atoms with Crippen molar-refractivity contribution >= 4 is 16.7 Å². The first kappa shape index (κ1) is 14.6. The smallest absolute Gasteiger partial charge is 0.288 e. The molecule has 2 aromatic rings. The second kappa shape index (κ2) is 6.08. The van der Waals surface area contributed by atoms with Gasteiger partial charge in [0.15, 0.2) is 17.0 Å². The summed E-state index contributed by atoms with van der Waals surface area (Å²) in [4.78, 5) is 30.2. The van der Waals surface area contributed by atoms with E-state index in [4.69, 9.17) is 0 Å². The molecule has 2 aromatic heterocycles. The van der Waals surface area contributed by atoms with E-state index >= 15 is 0 Å². The van der Waals surface area contributed by atoms with E-state index in [1.165, 1.54) is 7.05 Å². The maximum absolute atomic E-state index is 12.0. The van der Waals surface area contributed by atoms with Crippen LogP contribution in [0.5, 0.6) is 0 Å². The monoisotopic (exact) mass is 285 g/mol. The molecule has 0 atom stereocenters. The second-order valence-electron chi connectivity index (χ2n) is 4.26. The molecule has 2 rings (SSSR count). The molecular formula is C14H15N5O2. The van der Waals surface area contributed by atoms with Crippen molar-refractivity contribution < 1.29 is 0 Å². The van der Waals surface area contributed by atoms with Crippen LogP contribution in [0.3, 0.4) is 0 Å². The molecule has 7 heteroatoms. The van der Waals surface area contributed by atoms with Gasteiger partial charge < -0.3 is 0 Å². The fraction of sp³-hybridized carbons (Fsp3) is 0.214. The van der Waals surface area contributed by atoms with E-state index in [1.54, 1.807) is 0 Å². The van der Waals surface area contributed by atoms with Gasteiger partial charge in [0.2, 0.25) is 0 Å². The van der Waals surface area contributed by atoms with Gasteiger partial charge in [0.05, 0.1) is 0 Å². The Morgan fingerprint density at radius 1 is 1.19 bits per heavy atom. The van der Waals surface area contributed by atoms with Crippen molar-refractivity contribution in [3.05, 3.63) is 57.0 Å². The number of hydrogen-bond donors (Lipinski definition) is 1. The van der Waals surface area contributed by atoms with Crippen LogP contribution in [0.1, 0.15) is 19.7 Å². The maximum atomic E-state index is 12.0. The van der Waals surface area contributed by atoms with Gasteiger partial charge in [-0.05, 0) is 13.8 Å². The Balaban J connectivity index is 2.62. The second-order valence-corrected chi connectivity index (χ2v) is 4.26. The minimum Gasteiger partial charge on any atom is -0.288 e. The largest absolute Gasteiger partial charge is 0.329 e. The van der Waals surface area contributed by atoms with Crippen LogP contribution in [0.25, 0.3) is 16.7 Å². The summed E-state index contributed by atoms with van der Waals surface area (Å²) in [5.41, 5.74) is -0.148. The topological polar surface area (TPSA) is 93.5 Å². The lowest BCUT2D eigenvalue weighted by atomic mass is 10.2. The minimum absolute atomic E-state index is 0.0831. The van der Waals surface area contributed by atoms with E-state index in [1.807, 2.05) is 44.2 Å². The highest BCUT2D eigenvalue weighted by atomic mass is 16.2. The number of allylic oxidation sites excluding steroid dienone is 6. The molecule has 0 aliphatic carbocycles. The van der Waals surface area contributed by atoms with Crippen molar-refractivity contribution in [2.45, 2.75) is 13.8 Å². The summed E-state index contributed by atoms with van der Waals surface area (Å²) >= 11 is 0. The molecule has 0 saturated carbocycles. The molecule has 2 heterocycles. The Bertz CT molecular complexity index is 871. The summed E-state index contributed by atoms with van der Waals surface area (Å²) < 4.78 is 0.950. The molecule has 0 bridgehead atoms. The summed E-state index contributed by atoms with van der Waals surface area (Å²) in [6.07, 6.45) is 9.24. The number of aromatic nitrogens is 5. The number of aromatic amines is 1. The van der Waals surface area contributed by atoms with E-state index in [-0.39, 0.29) is 11.2 Å². The van der Waals surface area contributed by atoms with Gasteiger partial charge in [-0.25, -0.2) is 9.78 Å². The molecule has 0 saturated heterocycles. The van der Waals surface area contributed by atoms with Crippen LogP contribution in [0.15, 0.2) is 40.0 Å². The molecule has 0 fully saturated rings. The van der Waals surface area contributed by atoms with Gasteiger partial charge in [-0.15, -0.1) is 10.2 Å². The number of nitrogens with zero attached hydrogens (tertiary/aromatic N) is 4. The first-order chi connectivity index (χ1) is 10.1. The minimum atomic E-state index is -0.546. The lowest BCUT2D eigenvalue weighted by Gasteiger charge is -2.02. The van der Waals surface area contributed by atoms with Gasteiger partial charge in [-0.3, -0.25) is 14.3 Å². The number of rotatable bonds is 3. The van der Waals surface area contributed by atoms with Crippen LogP contribution in [0.4, 0.5) is 0 Å². The van der Waals surface area contributed by atoms with Gasteiger partial charge in [0, 0.05) is 12.6 Å². The Labute approximate surface area is 120 Å². The summed E-state index contributed by atoms with van der Waals surface area (Å²) in [6.45, 7) is 3.75. The summed E-state index contributed by atoms with van der Waals surface area (Å²) in [7, 11) is 1.38. The molecule has 0 spiro atoms. The zero-order valence-corrected chi connectivity index (χ0v) is 12.0. The van der Waals surface area contributed by atoms with Crippen molar-refractivity contribution in [1.82, 2.24) is 24.7 Å². The summed E-state index contributed by atoms with van der Waals surface area (Å²) in [6, 6.07) is 0. The highest BCUT2D eigenvalue weighted by molar-refractivity contribution is 5.74. The van der Waals surface area contributed by atoms with Crippen LogP contribution in [-0.4, -0.2) is 24.7 Å². The molecule has 0 aliphatic rings. The maximum Gasteiger partial charge on any atom is 0.329 e. The molecular weight excluding hydrogens is 270 g/mol. The van der Waals surface area contributed by atoms with Gasteiger partial charge in [0.1, 0.15) is 0 Å². The number of fused-ring (bicyclic) bond motifs is 1. The molecule has 1 N–H and O–H groups in total. The van der Waals surface area contributed by atoms with E-state index < -0.39 is 11.2 Å². The lowest BCUT2D eigenvalue weighted by Crippen LogP contribution is -2.33. The fourth-order valence-electron chi connectivity index (χ4n) is 1.69. The van der Waals surface area contributed by atoms with E-state index in [0.29, 0.717) is 5.82 Å². The lowest BCUT2D eigenvalue weighted by molar-refractivity contribution is 0.779. The molecule has 7 nitrogen and oxygen atoms in total. The molecule has 0 amide bonds. The predicted octanol–water partition coefficient (Wildman–Crippen LogP) is 0.947. The van der Waals surface area contributed by atoms with Crippen molar-refractivity contribution in [1.29, 1.82) is 0 Å². The Kier molecular flexibility index (Phi) is 4.22. The summed E-state index contributed by atoms with van der Waals surface area (Å²) in [5, 5.41) is 7.81. The van der Waals surface area contributed by atoms with E-state index in [9.17, 15) is 9.59 Å². The third-order valence-electron chi connectivity index (χ3n) is 2.87. The van der Waals surface area contributed by atoms with Crippen molar-refractivity contribution in [3.8, 4) is 0 Å². The first-order valence-electron chi connectivity index (χ1n) is 6.38. The summed E-state index contributed by atoms with van der Waals surface area (Å²) in [5.74, 6) is 0.329. The molecule has 108 valence electrons. The standard InChI is InChI=1S/C14H15N5O2/c1-4-6-7-8-9(5-2)11-15-10-12(18-17-11)16-14(21)19(3)13(10)20/h4-8H,1-3H3,(H,16,18,21)/b6-4-,8-7-,9-5+. The number of H-pyrrole nitrogens is 1. The fourth-order valence-corrected chi connectivity index (χ4v) is 1.69. The number of hydrogen-bond acceptors (Lipinski definition) is 5. The zero-order valence-electron chi connectivity index (χ0n) is 12.0. The van der Waals surface area contributed by atoms with E-state index in [2.05, 4.69) is 20.2 Å². The quantitative estimate of drug-likeness (QED) is 0.847. The highest BCUT2D eigenvalue weighted by Gasteiger charge is 2.10. The van der Waals surface area contributed by atoms with Crippen molar-refractivity contribution in [2.75, 3.05) is 0 Å². The average molecular weight is 285 g/mol. The molecule has 0 aromatic carbocycles. The van der Waals surface area contributed by atoms with Crippen LogP contribution in [0.2, 0.25) is 0 Å². The zero-order chi connectivity index (χ0) is 15.4. The normalized spacial score (nSPS) is 12.8. The van der Waals surface area contributed by atoms with E-state index in [0.717, 1.165) is 10.1 Å². The van der Waals surface area contributed by atoms with Crippen LogP contribution in [0, 0.1) is 0 Å². The molecule has 0 radical (unpaired) electrons. The molecule has 21 heavy (non-hydrogen) atoms. The van der Waals surface area contributed by atoms with Gasteiger partial charge in [-0.2, -0.15) is 0 Å². The van der Waals surface area contributed by atoms with Gasteiger partial charge in [-0.1, -0.05) is 30.4 Å². The van der Waals surface area contributed by atoms with Crippen LogP contribution < -0.4 is 11.2 Å². The van der Waals surface area contributed by atoms with Gasteiger partial charge >= 0.3 is 5.69 Å². The molecule has 0 aliphatic heterocycles. The predicted molar refractivity (Wildman–Crippen MR) is 80.8 cm³/mol. The first-order valence-corrected chi connectivity index (χ1v) is 6.38.